The topological polar surface area (TPSA) is 73.0 Å². The standard InChI is InChI=1S/C18H19FN4O2/c1-11-9-20-23(10-11)17-5-4-14(7-16(17)19)13(3)21-18(24)8-15-6-12(2)25-22-15/h4-7,9-10,13H,8H2,1-3H3,(H,21,24)/t13-/m0/s1. The van der Waals surface area contributed by atoms with E-state index in [2.05, 4.69) is 15.6 Å². The van der Waals surface area contributed by atoms with Gasteiger partial charge in [-0.2, -0.15) is 5.10 Å². The lowest BCUT2D eigenvalue weighted by Gasteiger charge is -2.15. The maximum atomic E-state index is 14.4. The van der Waals surface area contributed by atoms with E-state index in [1.807, 2.05) is 6.92 Å². The Morgan fingerprint density at radius 1 is 1.36 bits per heavy atom. The normalized spacial score (nSPS) is 12.2. The van der Waals surface area contributed by atoms with Crippen molar-refractivity contribution in [2.45, 2.75) is 33.2 Å². The van der Waals surface area contributed by atoms with E-state index in [-0.39, 0.29) is 18.4 Å². The highest BCUT2D eigenvalue weighted by atomic mass is 19.1. The molecule has 0 aliphatic rings. The second-order valence-corrected chi connectivity index (χ2v) is 6.07. The van der Waals surface area contributed by atoms with Crippen molar-refractivity contribution in [2.75, 3.05) is 0 Å². The van der Waals surface area contributed by atoms with Crippen molar-refractivity contribution in [1.29, 1.82) is 0 Å². The predicted octanol–water partition coefficient (Wildman–Crippen LogP) is 3.04. The predicted molar refractivity (Wildman–Crippen MR) is 89.8 cm³/mol. The molecule has 2 heterocycles. The minimum Gasteiger partial charge on any atom is -0.361 e. The molecule has 25 heavy (non-hydrogen) atoms. The van der Waals surface area contributed by atoms with Gasteiger partial charge in [0.05, 0.1) is 24.4 Å². The molecule has 0 aliphatic heterocycles. The van der Waals surface area contributed by atoms with Crippen LogP contribution in [0, 0.1) is 19.7 Å². The fourth-order valence-corrected chi connectivity index (χ4v) is 2.56. The summed E-state index contributed by atoms with van der Waals surface area (Å²) in [6, 6.07) is 6.23. The van der Waals surface area contributed by atoms with E-state index >= 15 is 0 Å². The van der Waals surface area contributed by atoms with Gasteiger partial charge in [-0.25, -0.2) is 9.07 Å². The Kier molecular flexibility index (Phi) is 4.65. The summed E-state index contributed by atoms with van der Waals surface area (Å²) < 4.78 is 20.8. The number of amides is 1. The van der Waals surface area contributed by atoms with Crippen LogP contribution in [0.15, 0.2) is 41.2 Å². The molecule has 7 heteroatoms. The van der Waals surface area contributed by atoms with Crippen molar-refractivity contribution in [3.63, 3.8) is 0 Å². The Balaban J connectivity index is 1.68. The Morgan fingerprint density at radius 2 is 2.16 bits per heavy atom. The van der Waals surface area contributed by atoms with Gasteiger partial charge in [0, 0.05) is 12.3 Å². The molecular formula is C18H19FN4O2. The first-order valence-electron chi connectivity index (χ1n) is 7.95. The zero-order valence-electron chi connectivity index (χ0n) is 14.3. The third-order valence-electron chi connectivity index (χ3n) is 3.83. The zero-order valence-corrected chi connectivity index (χ0v) is 14.3. The van der Waals surface area contributed by atoms with Crippen LogP contribution in [-0.4, -0.2) is 20.8 Å². The highest BCUT2D eigenvalue weighted by Crippen LogP contribution is 2.20. The molecule has 0 aliphatic carbocycles. The largest absolute Gasteiger partial charge is 0.361 e. The van der Waals surface area contributed by atoms with Crippen LogP contribution < -0.4 is 5.32 Å². The number of hydrogen-bond donors (Lipinski definition) is 1. The molecule has 130 valence electrons. The number of nitrogens with one attached hydrogen (secondary N) is 1. The summed E-state index contributed by atoms with van der Waals surface area (Å²) >= 11 is 0. The number of hydrogen-bond acceptors (Lipinski definition) is 4. The lowest BCUT2D eigenvalue weighted by molar-refractivity contribution is -0.121. The minimum absolute atomic E-state index is 0.120. The molecule has 0 saturated carbocycles. The Hall–Kier alpha value is -2.96. The number of nitrogens with zero attached hydrogens (tertiary/aromatic N) is 3. The molecule has 0 spiro atoms. The van der Waals surface area contributed by atoms with Gasteiger partial charge in [0.1, 0.15) is 17.3 Å². The SMILES string of the molecule is Cc1cnn(-c2ccc([C@H](C)NC(=O)Cc3cc(C)on3)cc2F)c1. The second kappa shape index (κ2) is 6.88. The van der Waals surface area contributed by atoms with Crippen molar-refractivity contribution >= 4 is 5.91 Å². The first kappa shape index (κ1) is 16.9. The van der Waals surface area contributed by atoms with E-state index in [1.165, 1.54) is 10.7 Å². The summed E-state index contributed by atoms with van der Waals surface area (Å²) in [5.74, 6) is 0.0594. The first-order valence-corrected chi connectivity index (χ1v) is 7.95. The number of rotatable bonds is 5. The lowest BCUT2D eigenvalue weighted by atomic mass is 10.1. The Morgan fingerprint density at radius 3 is 2.76 bits per heavy atom. The van der Waals surface area contributed by atoms with Crippen LogP contribution in [-0.2, 0) is 11.2 Å². The van der Waals surface area contributed by atoms with Crippen LogP contribution in [0.2, 0.25) is 0 Å². The summed E-state index contributed by atoms with van der Waals surface area (Å²) in [7, 11) is 0. The number of aromatic nitrogens is 3. The molecule has 3 aromatic rings. The number of carbonyl (C=O) groups is 1. The smallest absolute Gasteiger partial charge is 0.226 e. The first-order chi connectivity index (χ1) is 11.9. The van der Waals surface area contributed by atoms with E-state index in [9.17, 15) is 9.18 Å². The van der Waals surface area contributed by atoms with E-state index in [1.54, 1.807) is 44.4 Å². The van der Waals surface area contributed by atoms with Gasteiger partial charge >= 0.3 is 0 Å². The molecule has 0 saturated heterocycles. The minimum atomic E-state index is -0.395. The van der Waals surface area contributed by atoms with Gasteiger partial charge in [0.15, 0.2) is 0 Å². The molecule has 1 amide bonds. The summed E-state index contributed by atoms with van der Waals surface area (Å²) in [5.41, 5.74) is 2.56. The van der Waals surface area contributed by atoms with Gasteiger partial charge in [0.2, 0.25) is 5.91 Å². The summed E-state index contributed by atoms with van der Waals surface area (Å²) in [4.78, 5) is 12.1. The van der Waals surface area contributed by atoms with Crippen molar-refractivity contribution in [3.8, 4) is 5.69 Å². The number of benzene rings is 1. The third-order valence-corrected chi connectivity index (χ3v) is 3.83. The van der Waals surface area contributed by atoms with E-state index in [4.69, 9.17) is 4.52 Å². The van der Waals surface area contributed by atoms with Crippen LogP contribution in [0.25, 0.3) is 5.69 Å². The average molecular weight is 342 g/mol. The number of halogens is 1. The second-order valence-electron chi connectivity index (χ2n) is 6.07. The zero-order chi connectivity index (χ0) is 18.0. The highest BCUT2D eigenvalue weighted by molar-refractivity contribution is 5.78. The molecule has 0 bridgehead atoms. The summed E-state index contributed by atoms with van der Waals surface area (Å²) in [6.45, 7) is 5.46. The van der Waals surface area contributed by atoms with Crippen LogP contribution in [0.5, 0.6) is 0 Å². The highest BCUT2D eigenvalue weighted by Gasteiger charge is 2.14. The van der Waals surface area contributed by atoms with Crippen LogP contribution >= 0.6 is 0 Å². The molecule has 0 unspecified atom stereocenters. The maximum absolute atomic E-state index is 14.4. The molecule has 0 fully saturated rings. The molecule has 3 rings (SSSR count). The van der Waals surface area contributed by atoms with Crippen molar-refractivity contribution < 1.29 is 13.7 Å². The summed E-state index contributed by atoms with van der Waals surface area (Å²) in [5, 5.41) is 10.7. The van der Waals surface area contributed by atoms with Gasteiger partial charge in [-0.3, -0.25) is 4.79 Å². The van der Waals surface area contributed by atoms with Gasteiger partial charge in [-0.15, -0.1) is 0 Å². The summed E-state index contributed by atoms with van der Waals surface area (Å²) in [6.07, 6.45) is 3.54. The lowest BCUT2D eigenvalue weighted by Crippen LogP contribution is -2.28. The molecule has 0 radical (unpaired) electrons. The quantitative estimate of drug-likeness (QED) is 0.773. The van der Waals surface area contributed by atoms with Gasteiger partial charge in [-0.05, 0) is 44.0 Å². The average Bonchev–Trinajstić information content (AvgIpc) is 3.15. The van der Waals surface area contributed by atoms with Crippen LogP contribution in [0.1, 0.15) is 35.5 Å². The molecule has 1 atom stereocenters. The molecule has 2 aromatic heterocycles. The molecular weight excluding hydrogens is 323 g/mol. The van der Waals surface area contributed by atoms with E-state index < -0.39 is 5.82 Å². The monoisotopic (exact) mass is 342 g/mol. The number of carbonyl (C=O) groups excluding carboxylic acids is 1. The van der Waals surface area contributed by atoms with Gasteiger partial charge < -0.3 is 9.84 Å². The van der Waals surface area contributed by atoms with Crippen LogP contribution in [0.3, 0.4) is 0 Å². The Bertz CT molecular complexity index is 900. The third kappa shape index (κ3) is 3.93. The van der Waals surface area contributed by atoms with Gasteiger partial charge in [0.25, 0.3) is 0 Å². The van der Waals surface area contributed by atoms with Crippen molar-refractivity contribution in [1.82, 2.24) is 20.3 Å². The van der Waals surface area contributed by atoms with Crippen molar-refractivity contribution in [2.24, 2.45) is 0 Å². The Labute approximate surface area is 144 Å². The maximum Gasteiger partial charge on any atom is 0.226 e. The molecule has 1 N–H and O–H groups in total. The molecule has 1 aromatic carbocycles. The fraction of sp³-hybridized carbons (Fsp3) is 0.278. The molecule has 6 nitrogen and oxygen atoms in total. The number of aryl methyl sites for hydroxylation is 2. The van der Waals surface area contributed by atoms with Crippen LogP contribution in [0.4, 0.5) is 4.39 Å². The van der Waals surface area contributed by atoms with Gasteiger partial charge in [-0.1, -0.05) is 11.2 Å². The fourth-order valence-electron chi connectivity index (χ4n) is 2.56. The van der Waals surface area contributed by atoms with Crippen molar-refractivity contribution in [3.05, 3.63) is 65.1 Å². The van der Waals surface area contributed by atoms with E-state index in [0.29, 0.717) is 22.7 Å². The van der Waals surface area contributed by atoms with E-state index in [0.717, 1.165) is 5.56 Å².